The summed E-state index contributed by atoms with van der Waals surface area (Å²) in [7, 11) is 0. The van der Waals surface area contributed by atoms with Gasteiger partial charge in [0.05, 0.1) is 18.5 Å². The SMILES string of the molecule is CC(=O)Oc1ccc(N2C(=O)CC(N(CCc3ccccc3)C(=O)Cc3ccccc3)C2=O)cc1. The van der Waals surface area contributed by atoms with Gasteiger partial charge in [-0.2, -0.15) is 0 Å². The molecule has 1 fully saturated rings. The van der Waals surface area contributed by atoms with Crippen molar-refractivity contribution < 1.29 is 23.9 Å². The molecule has 178 valence electrons. The van der Waals surface area contributed by atoms with Crippen molar-refractivity contribution in [2.24, 2.45) is 0 Å². The minimum atomic E-state index is -0.879. The fourth-order valence-corrected chi connectivity index (χ4v) is 4.18. The molecule has 0 saturated carbocycles. The van der Waals surface area contributed by atoms with Crippen molar-refractivity contribution in [3.05, 3.63) is 96.1 Å². The van der Waals surface area contributed by atoms with Crippen molar-refractivity contribution in [3.8, 4) is 5.75 Å². The third kappa shape index (κ3) is 5.81. The van der Waals surface area contributed by atoms with Crippen LogP contribution in [0, 0.1) is 0 Å². The second kappa shape index (κ2) is 10.8. The van der Waals surface area contributed by atoms with Gasteiger partial charge < -0.3 is 9.64 Å². The van der Waals surface area contributed by atoms with E-state index >= 15 is 0 Å². The Bertz CT molecular complexity index is 1210. The summed E-state index contributed by atoms with van der Waals surface area (Å²) in [6, 6.07) is 24.3. The number of amides is 3. The Labute approximate surface area is 203 Å². The maximum absolute atomic E-state index is 13.4. The number of imide groups is 1. The van der Waals surface area contributed by atoms with Crippen LogP contribution in [0.5, 0.6) is 5.75 Å². The van der Waals surface area contributed by atoms with Crippen LogP contribution in [0.3, 0.4) is 0 Å². The van der Waals surface area contributed by atoms with Crippen LogP contribution in [-0.2, 0) is 32.0 Å². The minimum absolute atomic E-state index is 0.0835. The molecule has 0 spiro atoms. The van der Waals surface area contributed by atoms with Crippen molar-refractivity contribution in [2.45, 2.75) is 32.2 Å². The van der Waals surface area contributed by atoms with E-state index in [2.05, 4.69) is 0 Å². The van der Waals surface area contributed by atoms with E-state index in [1.807, 2.05) is 60.7 Å². The molecule has 1 saturated heterocycles. The summed E-state index contributed by atoms with van der Waals surface area (Å²) >= 11 is 0. The second-order valence-corrected chi connectivity index (χ2v) is 8.36. The van der Waals surface area contributed by atoms with Crippen LogP contribution in [-0.4, -0.2) is 41.2 Å². The number of esters is 1. The summed E-state index contributed by atoms with van der Waals surface area (Å²) in [4.78, 5) is 53.5. The average Bonchev–Trinajstić information content (AvgIpc) is 3.14. The Morgan fingerprint density at radius 1 is 0.886 bits per heavy atom. The van der Waals surface area contributed by atoms with Gasteiger partial charge in [0, 0.05) is 13.5 Å². The van der Waals surface area contributed by atoms with Crippen molar-refractivity contribution in [3.63, 3.8) is 0 Å². The zero-order valence-electron chi connectivity index (χ0n) is 19.4. The van der Waals surface area contributed by atoms with E-state index in [1.54, 1.807) is 12.1 Å². The average molecular weight is 471 g/mol. The summed E-state index contributed by atoms with van der Waals surface area (Å²) in [6.07, 6.45) is 0.626. The first kappa shape index (κ1) is 23.9. The largest absolute Gasteiger partial charge is 0.427 e. The van der Waals surface area contributed by atoms with E-state index in [-0.39, 0.29) is 24.7 Å². The maximum Gasteiger partial charge on any atom is 0.308 e. The number of carbonyl (C=O) groups is 4. The zero-order valence-corrected chi connectivity index (χ0v) is 19.4. The van der Waals surface area contributed by atoms with Crippen molar-refractivity contribution in [2.75, 3.05) is 11.4 Å². The number of benzene rings is 3. The summed E-state index contributed by atoms with van der Waals surface area (Å²) in [5, 5.41) is 0. The molecule has 1 atom stereocenters. The highest BCUT2D eigenvalue weighted by Gasteiger charge is 2.44. The second-order valence-electron chi connectivity index (χ2n) is 8.36. The number of hydrogen-bond acceptors (Lipinski definition) is 5. The van der Waals surface area contributed by atoms with E-state index in [1.165, 1.54) is 24.0 Å². The van der Waals surface area contributed by atoms with Crippen LogP contribution in [0.1, 0.15) is 24.5 Å². The highest BCUT2D eigenvalue weighted by Crippen LogP contribution is 2.28. The molecule has 1 aliphatic heterocycles. The smallest absolute Gasteiger partial charge is 0.308 e. The standard InChI is InChI=1S/C28H26N2O5/c1-20(31)35-24-14-12-23(13-15-24)30-27(33)19-25(28(30)34)29(17-16-21-8-4-2-5-9-21)26(32)18-22-10-6-3-7-11-22/h2-15,25H,16-19H2,1H3. The van der Waals surface area contributed by atoms with Crippen LogP contribution in [0.2, 0.25) is 0 Å². The number of rotatable bonds is 8. The normalized spacial score (nSPS) is 15.2. The predicted molar refractivity (Wildman–Crippen MR) is 131 cm³/mol. The highest BCUT2D eigenvalue weighted by molar-refractivity contribution is 6.23. The summed E-state index contributed by atoms with van der Waals surface area (Å²) < 4.78 is 5.03. The van der Waals surface area contributed by atoms with Gasteiger partial charge in [-0.1, -0.05) is 60.7 Å². The lowest BCUT2D eigenvalue weighted by Crippen LogP contribution is -2.47. The van der Waals surface area contributed by atoms with Gasteiger partial charge in [-0.25, -0.2) is 4.90 Å². The van der Waals surface area contributed by atoms with Crippen molar-refractivity contribution in [1.29, 1.82) is 0 Å². The van der Waals surface area contributed by atoms with Crippen molar-refractivity contribution in [1.82, 2.24) is 4.90 Å². The summed E-state index contributed by atoms with van der Waals surface area (Å²) in [6.45, 7) is 1.61. The molecule has 3 aromatic rings. The van der Waals surface area contributed by atoms with Crippen LogP contribution >= 0.6 is 0 Å². The van der Waals surface area contributed by atoms with Gasteiger partial charge in [0.1, 0.15) is 11.8 Å². The molecule has 0 radical (unpaired) electrons. The molecule has 7 nitrogen and oxygen atoms in total. The lowest BCUT2D eigenvalue weighted by Gasteiger charge is -2.28. The van der Waals surface area contributed by atoms with E-state index in [0.29, 0.717) is 24.4 Å². The number of hydrogen-bond donors (Lipinski definition) is 0. The molecule has 3 aromatic carbocycles. The van der Waals surface area contributed by atoms with Gasteiger partial charge >= 0.3 is 5.97 Å². The van der Waals surface area contributed by atoms with Crippen molar-refractivity contribution >= 4 is 29.4 Å². The third-order valence-electron chi connectivity index (χ3n) is 5.86. The first-order valence-corrected chi connectivity index (χ1v) is 11.4. The Hall–Kier alpha value is -4.26. The quantitative estimate of drug-likeness (QED) is 0.286. The van der Waals surface area contributed by atoms with Gasteiger partial charge in [0.25, 0.3) is 5.91 Å². The molecular weight excluding hydrogens is 444 g/mol. The number of nitrogens with zero attached hydrogens (tertiary/aromatic N) is 2. The lowest BCUT2D eigenvalue weighted by atomic mass is 10.1. The number of ether oxygens (including phenoxy) is 1. The molecule has 0 bridgehead atoms. The van der Waals surface area contributed by atoms with Crippen LogP contribution in [0.25, 0.3) is 0 Å². The lowest BCUT2D eigenvalue weighted by molar-refractivity contribution is -0.137. The predicted octanol–water partition coefficient (Wildman–Crippen LogP) is 3.56. The molecule has 0 aromatic heterocycles. The Kier molecular flexibility index (Phi) is 7.35. The molecule has 0 aliphatic carbocycles. The van der Waals surface area contributed by atoms with E-state index in [9.17, 15) is 19.2 Å². The molecule has 35 heavy (non-hydrogen) atoms. The van der Waals surface area contributed by atoms with Gasteiger partial charge in [-0.3, -0.25) is 19.2 Å². The molecule has 3 amide bonds. The topological polar surface area (TPSA) is 84.0 Å². The monoisotopic (exact) mass is 470 g/mol. The highest BCUT2D eigenvalue weighted by atomic mass is 16.5. The Morgan fingerprint density at radius 2 is 1.49 bits per heavy atom. The van der Waals surface area contributed by atoms with E-state index in [0.717, 1.165) is 16.0 Å². The summed E-state index contributed by atoms with van der Waals surface area (Å²) in [5.74, 6) is -1.16. The molecule has 1 unspecified atom stereocenters. The molecule has 1 aliphatic rings. The number of carbonyl (C=O) groups excluding carboxylic acids is 4. The van der Waals surface area contributed by atoms with E-state index < -0.39 is 17.9 Å². The fourth-order valence-electron chi connectivity index (χ4n) is 4.18. The zero-order chi connectivity index (χ0) is 24.8. The van der Waals surface area contributed by atoms with Crippen LogP contribution in [0.15, 0.2) is 84.9 Å². The number of anilines is 1. The Morgan fingerprint density at radius 3 is 2.09 bits per heavy atom. The molecule has 4 rings (SSSR count). The summed E-state index contributed by atoms with van der Waals surface area (Å²) in [5.41, 5.74) is 2.26. The van der Waals surface area contributed by atoms with Gasteiger partial charge in [-0.05, 0) is 41.8 Å². The molecular formula is C28H26N2O5. The molecule has 0 N–H and O–H groups in total. The third-order valence-corrected chi connectivity index (χ3v) is 5.86. The van der Waals surface area contributed by atoms with E-state index in [4.69, 9.17) is 4.74 Å². The Balaban J connectivity index is 1.55. The van der Waals surface area contributed by atoms with Crippen LogP contribution < -0.4 is 9.64 Å². The van der Waals surface area contributed by atoms with Gasteiger partial charge in [0.2, 0.25) is 11.8 Å². The molecule has 7 heteroatoms. The molecule has 1 heterocycles. The van der Waals surface area contributed by atoms with Gasteiger partial charge in [-0.15, -0.1) is 0 Å². The van der Waals surface area contributed by atoms with Gasteiger partial charge in [0.15, 0.2) is 0 Å². The van der Waals surface area contributed by atoms with Crippen LogP contribution in [0.4, 0.5) is 5.69 Å². The first-order chi connectivity index (χ1) is 16.9. The fraction of sp³-hybridized carbons (Fsp3) is 0.214. The minimum Gasteiger partial charge on any atom is -0.427 e. The first-order valence-electron chi connectivity index (χ1n) is 11.4. The maximum atomic E-state index is 13.4.